The van der Waals surface area contributed by atoms with Crippen molar-refractivity contribution < 1.29 is 4.79 Å². The van der Waals surface area contributed by atoms with Crippen molar-refractivity contribution in [3.8, 4) is 0 Å². The van der Waals surface area contributed by atoms with E-state index >= 15 is 0 Å². The highest BCUT2D eigenvalue weighted by Crippen LogP contribution is 2.20. The lowest BCUT2D eigenvalue weighted by Crippen LogP contribution is -2.19. The average Bonchev–Trinajstić information content (AvgIpc) is 2.86. The zero-order valence-corrected chi connectivity index (χ0v) is 14.1. The number of nitrogens with one attached hydrogen (secondary N) is 2. The molecule has 1 heterocycles. The number of carbonyl (C=O) groups excluding carboxylic acids is 1. The Labute approximate surface area is 142 Å². The molecule has 0 unspecified atom stereocenters. The minimum atomic E-state index is -0.172. The Bertz CT molecular complexity index is 659. The Morgan fingerprint density at radius 1 is 0.917 bits per heavy atom. The van der Waals surface area contributed by atoms with Gasteiger partial charge in [0.15, 0.2) is 5.82 Å². The number of benzene rings is 1. The van der Waals surface area contributed by atoms with Crippen LogP contribution in [0.2, 0.25) is 0 Å². The van der Waals surface area contributed by atoms with E-state index in [0.29, 0.717) is 17.4 Å². The summed E-state index contributed by atoms with van der Waals surface area (Å²) < 4.78 is 0. The van der Waals surface area contributed by atoms with Gasteiger partial charge < -0.3 is 10.6 Å². The fourth-order valence-corrected chi connectivity index (χ4v) is 3.00. The number of anilines is 2. The summed E-state index contributed by atoms with van der Waals surface area (Å²) in [6.45, 7) is 1.99. The number of rotatable bonds is 4. The number of hydrogen-bond donors (Lipinski definition) is 2. The second-order valence-electron chi connectivity index (χ2n) is 6.46. The number of carbonyl (C=O) groups is 1. The van der Waals surface area contributed by atoms with Crippen LogP contribution in [0.25, 0.3) is 0 Å². The van der Waals surface area contributed by atoms with E-state index in [4.69, 9.17) is 0 Å². The maximum absolute atomic E-state index is 12.2. The highest BCUT2D eigenvalue weighted by atomic mass is 16.1. The summed E-state index contributed by atoms with van der Waals surface area (Å²) in [7, 11) is 0. The largest absolute Gasteiger partial charge is 0.366 e. The van der Waals surface area contributed by atoms with Crippen LogP contribution in [-0.4, -0.2) is 22.1 Å². The molecule has 126 valence electrons. The molecule has 0 spiro atoms. The number of nitrogens with zero attached hydrogens (tertiary/aromatic N) is 2. The van der Waals surface area contributed by atoms with E-state index in [1.807, 2.05) is 25.1 Å². The Morgan fingerprint density at radius 2 is 1.54 bits per heavy atom. The molecular formula is C19H24N4O. The van der Waals surface area contributed by atoms with Gasteiger partial charge in [-0.2, -0.15) is 0 Å². The molecule has 5 heteroatoms. The van der Waals surface area contributed by atoms with Gasteiger partial charge >= 0.3 is 0 Å². The topological polar surface area (TPSA) is 66.9 Å². The van der Waals surface area contributed by atoms with Crippen molar-refractivity contribution in [1.82, 2.24) is 10.2 Å². The summed E-state index contributed by atoms with van der Waals surface area (Å²) in [5, 5.41) is 14.5. The van der Waals surface area contributed by atoms with Crippen LogP contribution in [0.4, 0.5) is 11.6 Å². The predicted molar refractivity (Wildman–Crippen MR) is 96.3 cm³/mol. The van der Waals surface area contributed by atoms with E-state index in [2.05, 4.69) is 20.8 Å². The van der Waals surface area contributed by atoms with Crippen molar-refractivity contribution in [1.29, 1.82) is 0 Å². The summed E-state index contributed by atoms with van der Waals surface area (Å²) in [6, 6.07) is 11.6. The lowest BCUT2D eigenvalue weighted by atomic mass is 10.1. The molecule has 1 amide bonds. The number of amides is 1. The lowest BCUT2D eigenvalue weighted by molar-refractivity contribution is 0.102. The van der Waals surface area contributed by atoms with Gasteiger partial charge in [-0.05, 0) is 44.0 Å². The Hall–Kier alpha value is -2.43. The van der Waals surface area contributed by atoms with Gasteiger partial charge in [0, 0.05) is 11.6 Å². The fraction of sp³-hybridized carbons (Fsp3) is 0.421. The first-order chi connectivity index (χ1) is 11.7. The van der Waals surface area contributed by atoms with E-state index in [-0.39, 0.29) is 5.91 Å². The van der Waals surface area contributed by atoms with E-state index in [1.54, 1.807) is 18.2 Å². The van der Waals surface area contributed by atoms with Crippen molar-refractivity contribution in [2.75, 3.05) is 10.6 Å². The van der Waals surface area contributed by atoms with Crippen molar-refractivity contribution in [3.63, 3.8) is 0 Å². The van der Waals surface area contributed by atoms with E-state index in [1.165, 1.54) is 38.5 Å². The summed E-state index contributed by atoms with van der Waals surface area (Å²) in [6.07, 6.45) is 7.58. The fourth-order valence-electron chi connectivity index (χ4n) is 3.00. The predicted octanol–water partition coefficient (Wildman–Crippen LogP) is 4.17. The first-order valence-corrected chi connectivity index (χ1v) is 8.69. The molecule has 5 nitrogen and oxygen atoms in total. The monoisotopic (exact) mass is 324 g/mol. The highest BCUT2D eigenvalue weighted by Gasteiger charge is 2.13. The minimum Gasteiger partial charge on any atom is -0.366 e. The van der Waals surface area contributed by atoms with Crippen molar-refractivity contribution in [2.24, 2.45) is 0 Å². The number of hydrogen-bond acceptors (Lipinski definition) is 4. The maximum Gasteiger partial charge on any atom is 0.256 e. The summed E-state index contributed by atoms with van der Waals surface area (Å²) in [5.41, 5.74) is 1.74. The summed E-state index contributed by atoms with van der Waals surface area (Å²) in [5.74, 6) is 1.07. The molecule has 24 heavy (non-hydrogen) atoms. The van der Waals surface area contributed by atoms with Crippen LogP contribution in [0.15, 0.2) is 36.4 Å². The van der Waals surface area contributed by atoms with Crippen molar-refractivity contribution in [2.45, 2.75) is 51.5 Å². The number of aromatic nitrogens is 2. The molecule has 1 saturated carbocycles. The van der Waals surface area contributed by atoms with Gasteiger partial charge in [-0.25, -0.2) is 0 Å². The third-order valence-corrected chi connectivity index (χ3v) is 4.43. The van der Waals surface area contributed by atoms with Crippen molar-refractivity contribution in [3.05, 3.63) is 47.5 Å². The molecule has 1 aromatic heterocycles. The molecule has 0 aliphatic heterocycles. The van der Waals surface area contributed by atoms with Crippen LogP contribution in [0.1, 0.15) is 54.4 Å². The second-order valence-corrected chi connectivity index (χ2v) is 6.46. The van der Waals surface area contributed by atoms with Crippen LogP contribution in [0.3, 0.4) is 0 Å². The van der Waals surface area contributed by atoms with E-state index < -0.39 is 0 Å². The van der Waals surface area contributed by atoms with Crippen LogP contribution < -0.4 is 10.6 Å². The smallest absolute Gasteiger partial charge is 0.256 e. The van der Waals surface area contributed by atoms with E-state index in [9.17, 15) is 4.79 Å². The standard InChI is InChI=1S/C19H24N4O/c1-14-8-10-15(11-9-14)19(24)21-18-13-12-17(22-23-18)20-16-6-4-2-3-5-7-16/h8-13,16H,2-7H2,1H3,(H,20,22)(H,21,23,24). The SMILES string of the molecule is Cc1ccc(C(=O)Nc2ccc(NC3CCCCCC3)nn2)cc1. The normalized spacial score (nSPS) is 15.5. The molecule has 2 aromatic rings. The molecule has 1 aliphatic carbocycles. The molecule has 2 N–H and O–H groups in total. The third kappa shape index (κ3) is 4.54. The third-order valence-electron chi connectivity index (χ3n) is 4.43. The lowest BCUT2D eigenvalue weighted by Gasteiger charge is -2.16. The molecular weight excluding hydrogens is 300 g/mol. The Kier molecular flexibility index (Phi) is 5.41. The first-order valence-electron chi connectivity index (χ1n) is 8.69. The van der Waals surface area contributed by atoms with E-state index in [0.717, 1.165) is 11.4 Å². The summed E-state index contributed by atoms with van der Waals surface area (Å²) >= 11 is 0. The molecule has 0 bridgehead atoms. The van der Waals surface area contributed by atoms with Crippen LogP contribution in [0.5, 0.6) is 0 Å². The quantitative estimate of drug-likeness (QED) is 0.828. The molecule has 0 radical (unpaired) electrons. The van der Waals surface area contributed by atoms with Gasteiger partial charge in [-0.15, -0.1) is 10.2 Å². The zero-order chi connectivity index (χ0) is 16.8. The van der Waals surface area contributed by atoms with Gasteiger partial charge in [0.25, 0.3) is 5.91 Å². The van der Waals surface area contributed by atoms with Gasteiger partial charge in [0.1, 0.15) is 5.82 Å². The van der Waals surface area contributed by atoms with Crippen molar-refractivity contribution >= 4 is 17.5 Å². The number of aryl methyl sites for hydroxylation is 1. The second kappa shape index (κ2) is 7.90. The van der Waals surface area contributed by atoms with Crippen LogP contribution >= 0.6 is 0 Å². The molecule has 1 aliphatic rings. The minimum absolute atomic E-state index is 0.172. The van der Waals surface area contributed by atoms with Gasteiger partial charge in [0.2, 0.25) is 0 Å². The molecule has 1 aromatic carbocycles. The first kappa shape index (κ1) is 16.4. The molecule has 0 atom stereocenters. The maximum atomic E-state index is 12.2. The molecule has 3 rings (SSSR count). The molecule has 1 fully saturated rings. The van der Waals surface area contributed by atoms with Gasteiger partial charge in [0.05, 0.1) is 0 Å². The van der Waals surface area contributed by atoms with Gasteiger partial charge in [-0.3, -0.25) is 4.79 Å². The Morgan fingerprint density at radius 3 is 2.17 bits per heavy atom. The molecule has 0 saturated heterocycles. The Balaban J connectivity index is 1.57. The summed E-state index contributed by atoms with van der Waals surface area (Å²) in [4.78, 5) is 12.2. The average molecular weight is 324 g/mol. The van der Waals surface area contributed by atoms with Crippen LogP contribution in [0, 0.1) is 6.92 Å². The van der Waals surface area contributed by atoms with Gasteiger partial charge in [-0.1, -0.05) is 43.4 Å². The highest BCUT2D eigenvalue weighted by molar-refractivity contribution is 6.03. The zero-order valence-electron chi connectivity index (χ0n) is 14.1. The van der Waals surface area contributed by atoms with Crippen LogP contribution in [-0.2, 0) is 0 Å².